The van der Waals surface area contributed by atoms with E-state index in [1.807, 2.05) is 0 Å². The standard InChI is InChI=1S/C18H17F3N2O2/c19-18(20,21)14-6-4-13(5-7-14)11-23(15-8-9-15)17(25)12-22-10-2-1-3-16(22)24/h1-7,10,15H,8-9,11-12H2. The van der Waals surface area contributed by atoms with Gasteiger partial charge in [0.25, 0.3) is 5.56 Å². The number of benzene rings is 1. The van der Waals surface area contributed by atoms with Gasteiger partial charge < -0.3 is 9.47 Å². The van der Waals surface area contributed by atoms with E-state index in [1.165, 1.54) is 22.8 Å². The second kappa shape index (κ2) is 6.74. The number of hydrogen-bond donors (Lipinski definition) is 0. The van der Waals surface area contributed by atoms with Gasteiger partial charge in [-0.15, -0.1) is 0 Å². The minimum Gasteiger partial charge on any atom is -0.334 e. The Bertz CT molecular complexity index is 808. The lowest BCUT2D eigenvalue weighted by molar-refractivity contribution is -0.137. The Kier molecular flexibility index (Phi) is 4.65. The van der Waals surface area contributed by atoms with Crippen molar-refractivity contribution in [3.63, 3.8) is 0 Å². The van der Waals surface area contributed by atoms with E-state index in [4.69, 9.17) is 0 Å². The summed E-state index contributed by atoms with van der Waals surface area (Å²) in [6.45, 7) is 0.167. The van der Waals surface area contributed by atoms with Crippen molar-refractivity contribution in [3.05, 3.63) is 70.1 Å². The molecule has 0 saturated heterocycles. The SMILES string of the molecule is O=C(Cn1ccccc1=O)N(Cc1ccc(C(F)(F)F)cc1)C1CC1. The van der Waals surface area contributed by atoms with Crippen LogP contribution in [-0.2, 0) is 24.1 Å². The third-order valence-electron chi connectivity index (χ3n) is 4.15. The number of amides is 1. The van der Waals surface area contributed by atoms with E-state index in [2.05, 4.69) is 0 Å². The van der Waals surface area contributed by atoms with Crippen molar-refractivity contribution >= 4 is 5.91 Å². The fourth-order valence-corrected chi connectivity index (χ4v) is 2.63. The van der Waals surface area contributed by atoms with Crippen LogP contribution in [0, 0.1) is 0 Å². The zero-order valence-corrected chi connectivity index (χ0v) is 13.4. The molecule has 4 nitrogen and oxygen atoms in total. The molecule has 1 aromatic heterocycles. The van der Waals surface area contributed by atoms with Crippen LogP contribution >= 0.6 is 0 Å². The molecular formula is C18H17F3N2O2. The summed E-state index contributed by atoms with van der Waals surface area (Å²) < 4.78 is 39.2. The number of halogens is 3. The van der Waals surface area contributed by atoms with Crippen molar-refractivity contribution in [1.29, 1.82) is 0 Å². The molecule has 0 radical (unpaired) electrons. The third-order valence-corrected chi connectivity index (χ3v) is 4.15. The van der Waals surface area contributed by atoms with Gasteiger partial charge in [0.15, 0.2) is 0 Å². The first-order valence-corrected chi connectivity index (χ1v) is 7.95. The van der Waals surface area contributed by atoms with Crippen LogP contribution in [0.4, 0.5) is 13.2 Å². The van der Waals surface area contributed by atoms with Crippen molar-refractivity contribution in [3.8, 4) is 0 Å². The van der Waals surface area contributed by atoms with Gasteiger partial charge in [-0.2, -0.15) is 13.2 Å². The molecule has 2 aromatic rings. The Morgan fingerprint density at radius 1 is 1.12 bits per heavy atom. The number of carbonyl (C=O) groups excluding carboxylic acids is 1. The van der Waals surface area contributed by atoms with Gasteiger partial charge in [-0.3, -0.25) is 9.59 Å². The van der Waals surface area contributed by atoms with Crippen molar-refractivity contribution in [2.75, 3.05) is 0 Å². The van der Waals surface area contributed by atoms with Crippen LogP contribution in [0.5, 0.6) is 0 Å². The molecule has 0 N–H and O–H groups in total. The topological polar surface area (TPSA) is 42.3 Å². The van der Waals surface area contributed by atoms with Gasteiger partial charge in [0, 0.05) is 24.8 Å². The highest BCUT2D eigenvalue weighted by molar-refractivity contribution is 5.76. The zero-order chi connectivity index (χ0) is 18.0. The Morgan fingerprint density at radius 3 is 2.36 bits per heavy atom. The Morgan fingerprint density at radius 2 is 1.80 bits per heavy atom. The number of rotatable bonds is 5. The third kappa shape index (κ3) is 4.29. The minimum absolute atomic E-state index is 0.0726. The molecule has 7 heteroatoms. The second-order valence-electron chi connectivity index (χ2n) is 6.11. The first-order valence-electron chi connectivity index (χ1n) is 7.95. The van der Waals surface area contributed by atoms with Crippen LogP contribution in [-0.4, -0.2) is 21.4 Å². The van der Waals surface area contributed by atoms with Crippen LogP contribution in [0.15, 0.2) is 53.5 Å². The lowest BCUT2D eigenvalue weighted by Crippen LogP contribution is -2.37. The number of aromatic nitrogens is 1. The van der Waals surface area contributed by atoms with Crippen LogP contribution in [0.25, 0.3) is 0 Å². The number of alkyl halides is 3. The molecule has 3 rings (SSSR count). The van der Waals surface area contributed by atoms with E-state index < -0.39 is 11.7 Å². The molecule has 0 spiro atoms. The quantitative estimate of drug-likeness (QED) is 0.832. The molecule has 1 aliphatic carbocycles. The molecule has 0 bridgehead atoms. The van der Waals surface area contributed by atoms with Gasteiger partial charge in [0.2, 0.25) is 5.91 Å². The maximum Gasteiger partial charge on any atom is 0.416 e. The van der Waals surface area contributed by atoms with E-state index in [1.54, 1.807) is 23.2 Å². The van der Waals surface area contributed by atoms with E-state index in [-0.39, 0.29) is 30.6 Å². The van der Waals surface area contributed by atoms with Crippen LogP contribution in [0.2, 0.25) is 0 Å². The summed E-state index contributed by atoms with van der Waals surface area (Å²) in [6.07, 6.45) is -1.09. The molecule has 1 amide bonds. The molecule has 1 aromatic carbocycles. The Balaban J connectivity index is 1.72. The maximum atomic E-state index is 12.6. The highest BCUT2D eigenvalue weighted by Crippen LogP contribution is 2.31. The van der Waals surface area contributed by atoms with Crippen LogP contribution in [0.1, 0.15) is 24.0 Å². The first-order chi connectivity index (χ1) is 11.8. The average molecular weight is 350 g/mol. The van der Waals surface area contributed by atoms with Crippen molar-refractivity contribution in [2.24, 2.45) is 0 Å². The fraction of sp³-hybridized carbons (Fsp3) is 0.333. The molecule has 25 heavy (non-hydrogen) atoms. The van der Waals surface area contributed by atoms with Crippen molar-refractivity contribution in [1.82, 2.24) is 9.47 Å². The molecule has 0 atom stereocenters. The van der Waals surface area contributed by atoms with Crippen molar-refractivity contribution < 1.29 is 18.0 Å². The summed E-state index contributed by atoms with van der Waals surface area (Å²) in [4.78, 5) is 25.9. The largest absolute Gasteiger partial charge is 0.416 e. The van der Waals surface area contributed by atoms with Crippen molar-refractivity contribution in [2.45, 2.75) is 38.1 Å². The van der Waals surface area contributed by atoms with Gasteiger partial charge in [0.1, 0.15) is 6.54 Å². The predicted molar refractivity (Wildman–Crippen MR) is 85.7 cm³/mol. The molecule has 1 aliphatic rings. The summed E-state index contributed by atoms with van der Waals surface area (Å²) in [5, 5.41) is 0. The highest BCUT2D eigenvalue weighted by atomic mass is 19.4. The molecule has 132 valence electrons. The van der Waals surface area contributed by atoms with Gasteiger partial charge in [0.05, 0.1) is 5.56 Å². The Hall–Kier alpha value is -2.57. The van der Waals surface area contributed by atoms with E-state index in [9.17, 15) is 22.8 Å². The summed E-state index contributed by atoms with van der Waals surface area (Å²) in [5.74, 6) is -0.212. The van der Waals surface area contributed by atoms with Gasteiger partial charge >= 0.3 is 6.18 Å². The smallest absolute Gasteiger partial charge is 0.334 e. The minimum atomic E-state index is -4.38. The molecule has 1 fully saturated rings. The molecule has 1 saturated carbocycles. The lowest BCUT2D eigenvalue weighted by Gasteiger charge is -2.23. The highest BCUT2D eigenvalue weighted by Gasteiger charge is 2.33. The zero-order valence-electron chi connectivity index (χ0n) is 13.4. The van der Waals surface area contributed by atoms with Gasteiger partial charge in [-0.1, -0.05) is 18.2 Å². The number of hydrogen-bond acceptors (Lipinski definition) is 2. The summed E-state index contributed by atoms with van der Waals surface area (Å²) in [5.41, 5.74) is -0.342. The fourth-order valence-electron chi connectivity index (χ4n) is 2.63. The second-order valence-corrected chi connectivity index (χ2v) is 6.11. The van der Waals surface area contributed by atoms with E-state index >= 15 is 0 Å². The maximum absolute atomic E-state index is 12.6. The Labute approximate surface area is 142 Å². The van der Waals surface area contributed by atoms with Gasteiger partial charge in [-0.25, -0.2) is 0 Å². The summed E-state index contributed by atoms with van der Waals surface area (Å²) in [7, 11) is 0. The molecular weight excluding hydrogens is 333 g/mol. The molecule has 0 aliphatic heterocycles. The normalized spacial score (nSPS) is 14.4. The van der Waals surface area contributed by atoms with Gasteiger partial charge in [-0.05, 0) is 36.6 Å². The average Bonchev–Trinajstić information content (AvgIpc) is 3.39. The number of carbonyl (C=O) groups is 1. The number of nitrogens with zero attached hydrogens (tertiary/aromatic N) is 2. The van der Waals surface area contributed by atoms with Crippen LogP contribution in [0.3, 0.4) is 0 Å². The van der Waals surface area contributed by atoms with E-state index in [0.29, 0.717) is 5.56 Å². The molecule has 1 heterocycles. The molecule has 0 unspecified atom stereocenters. The monoisotopic (exact) mass is 350 g/mol. The lowest BCUT2D eigenvalue weighted by atomic mass is 10.1. The summed E-state index contributed by atoms with van der Waals surface area (Å²) in [6, 6.07) is 9.56. The summed E-state index contributed by atoms with van der Waals surface area (Å²) >= 11 is 0. The van der Waals surface area contributed by atoms with Crippen LogP contribution < -0.4 is 5.56 Å². The first kappa shape index (κ1) is 17.3. The van der Waals surface area contributed by atoms with E-state index in [0.717, 1.165) is 25.0 Å². The number of pyridine rings is 1. The predicted octanol–water partition coefficient (Wildman–Crippen LogP) is 3.06.